The van der Waals surface area contributed by atoms with Crippen molar-refractivity contribution >= 4 is 44.0 Å². The van der Waals surface area contributed by atoms with Crippen LogP contribution in [0.3, 0.4) is 0 Å². The summed E-state index contributed by atoms with van der Waals surface area (Å²) in [7, 11) is 0. The van der Waals surface area contributed by atoms with Crippen molar-refractivity contribution in [3.05, 3.63) is 56.5 Å². The van der Waals surface area contributed by atoms with Gasteiger partial charge in [0.2, 0.25) is 0 Å². The maximum Gasteiger partial charge on any atom is 0.273 e. The number of hydrogen-bond acceptors (Lipinski definition) is 5. The Kier molecular flexibility index (Phi) is 5.75. The van der Waals surface area contributed by atoms with Gasteiger partial charge in [0.05, 0.1) is 10.7 Å². The van der Waals surface area contributed by atoms with Gasteiger partial charge in [0.15, 0.2) is 6.10 Å². The van der Waals surface area contributed by atoms with Gasteiger partial charge in [0.25, 0.3) is 5.91 Å². The average molecular weight is 444 g/mol. The zero-order valence-corrected chi connectivity index (χ0v) is 14.7. The molecule has 0 aromatic heterocycles. The summed E-state index contributed by atoms with van der Waals surface area (Å²) in [5.41, 5.74) is 2.89. The topological polar surface area (TPSA) is 102 Å². The van der Waals surface area contributed by atoms with Crippen LogP contribution in [0.2, 0.25) is 0 Å². The second-order valence-electron chi connectivity index (χ2n) is 4.51. The number of benzene rings is 2. The van der Waals surface area contributed by atoms with Gasteiger partial charge in [-0.2, -0.15) is 5.10 Å². The van der Waals surface area contributed by atoms with Crippen LogP contribution in [-0.4, -0.2) is 27.4 Å². The molecule has 23 heavy (non-hydrogen) atoms. The number of phenolic OH excluding ortho intramolecular Hbond substituents is 2. The van der Waals surface area contributed by atoms with Crippen LogP contribution < -0.4 is 5.43 Å². The fraction of sp³-hybridized carbons (Fsp3) is 0.0667. The molecule has 2 aromatic rings. The number of nitrogens with one attached hydrogen (secondary N) is 1. The van der Waals surface area contributed by atoms with Gasteiger partial charge >= 0.3 is 0 Å². The predicted molar refractivity (Wildman–Crippen MR) is 92.3 cm³/mol. The first kappa shape index (κ1) is 17.5. The third kappa shape index (κ3) is 4.10. The van der Waals surface area contributed by atoms with E-state index in [1.54, 1.807) is 30.3 Å². The van der Waals surface area contributed by atoms with E-state index in [9.17, 15) is 20.1 Å². The Bertz CT molecular complexity index is 751. The summed E-state index contributed by atoms with van der Waals surface area (Å²) < 4.78 is 0.447. The van der Waals surface area contributed by atoms with E-state index in [0.29, 0.717) is 10.0 Å². The molecule has 8 heteroatoms. The summed E-state index contributed by atoms with van der Waals surface area (Å²) in [6, 6.07) is 9.85. The molecule has 0 saturated heterocycles. The fourth-order valence-corrected chi connectivity index (χ4v) is 2.88. The van der Waals surface area contributed by atoms with Crippen LogP contribution in [0.5, 0.6) is 11.5 Å². The van der Waals surface area contributed by atoms with Crippen LogP contribution in [0.25, 0.3) is 0 Å². The Hall–Kier alpha value is -1.90. The zero-order chi connectivity index (χ0) is 17.0. The Labute approximate surface area is 148 Å². The molecule has 0 fully saturated rings. The highest BCUT2D eigenvalue weighted by molar-refractivity contribution is 9.11. The number of hydrogen-bond donors (Lipinski definition) is 4. The quantitative estimate of drug-likeness (QED) is 0.431. The van der Waals surface area contributed by atoms with Crippen molar-refractivity contribution in [1.29, 1.82) is 0 Å². The molecule has 0 aliphatic carbocycles. The molecule has 0 bridgehead atoms. The monoisotopic (exact) mass is 442 g/mol. The average Bonchev–Trinajstić information content (AvgIpc) is 2.57. The molecule has 0 aliphatic rings. The van der Waals surface area contributed by atoms with Crippen molar-refractivity contribution in [2.75, 3.05) is 0 Å². The van der Waals surface area contributed by atoms with Crippen molar-refractivity contribution in [2.45, 2.75) is 6.10 Å². The van der Waals surface area contributed by atoms with E-state index in [1.165, 1.54) is 12.3 Å². The number of carbonyl (C=O) groups is 1. The number of aliphatic hydroxyl groups is 1. The van der Waals surface area contributed by atoms with Gasteiger partial charge in [-0.15, -0.1) is 0 Å². The lowest BCUT2D eigenvalue weighted by atomic mass is 10.1. The zero-order valence-electron chi connectivity index (χ0n) is 11.6. The molecule has 4 N–H and O–H groups in total. The third-order valence-corrected chi connectivity index (χ3v) is 4.30. The number of phenols is 2. The van der Waals surface area contributed by atoms with Crippen LogP contribution in [0.15, 0.2) is 50.4 Å². The molecule has 1 amide bonds. The number of amides is 1. The smallest absolute Gasteiger partial charge is 0.273 e. The summed E-state index contributed by atoms with van der Waals surface area (Å²) in [5, 5.41) is 33.1. The maximum atomic E-state index is 11.8. The summed E-state index contributed by atoms with van der Waals surface area (Å²) in [6.45, 7) is 0. The molecule has 0 radical (unpaired) electrons. The normalized spacial score (nSPS) is 12.3. The molecule has 0 aliphatic heterocycles. The number of aromatic hydroxyl groups is 2. The SMILES string of the molecule is O=C(N/N=C\c1cc(Br)c(O)c(Br)c1O)[C@@H](O)c1ccccc1. The van der Waals surface area contributed by atoms with Crippen LogP contribution in [0, 0.1) is 0 Å². The Balaban J connectivity index is 2.09. The first-order valence-corrected chi connectivity index (χ1v) is 7.96. The highest BCUT2D eigenvalue weighted by atomic mass is 79.9. The standard InChI is InChI=1S/C15H12Br2N2O4/c16-10-6-9(12(20)11(17)14(10)22)7-18-19-15(23)13(21)8-4-2-1-3-5-8/h1-7,13,20-22H,(H,19,23)/b18-7-/t13-/m0/s1. The molecular formula is C15H12Br2N2O4. The van der Waals surface area contributed by atoms with Gasteiger partial charge in [0, 0.05) is 5.56 Å². The molecule has 6 nitrogen and oxygen atoms in total. The van der Waals surface area contributed by atoms with Crippen LogP contribution >= 0.6 is 31.9 Å². The number of hydrazone groups is 1. The van der Waals surface area contributed by atoms with Gasteiger partial charge < -0.3 is 15.3 Å². The molecule has 0 unspecified atom stereocenters. The van der Waals surface area contributed by atoms with E-state index in [4.69, 9.17) is 0 Å². The molecule has 1 atom stereocenters. The summed E-state index contributed by atoms with van der Waals surface area (Å²) in [6.07, 6.45) is -0.153. The second kappa shape index (κ2) is 7.58. The Morgan fingerprint density at radius 3 is 2.48 bits per heavy atom. The lowest BCUT2D eigenvalue weighted by molar-refractivity contribution is -0.129. The number of carbonyl (C=O) groups excluding carboxylic acids is 1. The van der Waals surface area contributed by atoms with Crippen molar-refractivity contribution in [3.8, 4) is 11.5 Å². The summed E-state index contributed by atoms with van der Waals surface area (Å²) in [5.74, 6) is -1.08. The molecule has 2 rings (SSSR count). The Morgan fingerprint density at radius 2 is 1.83 bits per heavy atom. The van der Waals surface area contributed by atoms with Crippen LogP contribution in [-0.2, 0) is 4.79 Å². The van der Waals surface area contributed by atoms with E-state index in [0.717, 1.165) is 0 Å². The Morgan fingerprint density at radius 1 is 1.17 bits per heavy atom. The van der Waals surface area contributed by atoms with E-state index >= 15 is 0 Å². The molecular weight excluding hydrogens is 432 g/mol. The molecule has 0 heterocycles. The van der Waals surface area contributed by atoms with Crippen LogP contribution in [0.1, 0.15) is 17.2 Å². The highest BCUT2D eigenvalue weighted by Gasteiger charge is 2.16. The lowest BCUT2D eigenvalue weighted by Gasteiger charge is -2.09. The minimum Gasteiger partial charge on any atom is -0.506 e. The fourth-order valence-electron chi connectivity index (χ4n) is 1.73. The largest absolute Gasteiger partial charge is 0.506 e. The number of halogens is 2. The van der Waals surface area contributed by atoms with E-state index in [-0.39, 0.29) is 21.5 Å². The minimum absolute atomic E-state index is 0.101. The summed E-state index contributed by atoms with van der Waals surface area (Å²) >= 11 is 6.16. The van der Waals surface area contributed by atoms with Gasteiger partial charge in [-0.1, -0.05) is 30.3 Å². The van der Waals surface area contributed by atoms with Crippen LogP contribution in [0.4, 0.5) is 0 Å². The van der Waals surface area contributed by atoms with Crippen molar-refractivity contribution in [3.63, 3.8) is 0 Å². The van der Waals surface area contributed by atoms with Crippen molar-refractivity contribution < 1.29 is 20.1 Å². The van der Waals surface area contributed by atoms with Gasteiger partial charge in [-0.25, -0.2) is 5.43 Å². The number of rotatable bonds is 4. The molecule has 0 saturated carbocycles. The molecule has 2 aromatic carbocycles. The van der Waals surface area contributed by atoms with Crippen molar-refractivity contribution in [1.82, 2.24) is 5.43 Å². The number of nitrogens with zero attached hydrogens (tertiary/aromatic N) is 1. The first-order chi connectivity index (χ1) is 10.9. The predicted octanol–water partition coefficient (Wildman–Crippen LogP) is 2.81. The molecule has 120 valence electrons. The second-order valence-corrected chi connectivity index (χ2v) is 6.15. The first-order valence-electron chi connectivity index (χ1n) is 6.37. The summed E-state index contributed by atoms with van der Waals surface area (Å²) in [4.78, 5) is 11.8. The highest BCUT2D eigenvalue weighted by Crippen LogP contribution is 2.40. The number of aliphatic hydroxyl groups excluding tert-OH is 1. The van der Waals surface area contributed by atoms with E-state index in [2.05, 4.69) is 42.4 Å². The van der Waals surface area contributed by atoms with Gasteiger partial charge in [-0.05, 0) is 43.5 Å². The lowest BCUT2D eigenvalue weighted by Crippen LogP contribution is -2.25. The maximum absolute atomic E-state index is 11.8. The third-order valence-electron chi connectivity index (χ3n) is 2.94. The minimum atomic E-state index is -1.35. The van der Waals surface area contributed by atoms with Gasteiger partial charge in [0.1, 0.15) is 16.0 Å². The van der Waals surface area contributed by atoms with Gasteiger partial charge in [-0.3, -0.25) is 4.79 Å². The van der Waals surface area contributed by atoms with E-state index < -0.39 is 12.0 Å². The van der Waals surface area contributed by atoms with Crippen molar-refractivity contribution in [2.24, 2.45) is 5.10 Å². The molecule has 0 spiro atoms. The van der Waals surface area contributed by atoms with E-state index in [1.807, 2.05) is 0 Å².